The number of hydrogen-bond donors (Lipinski definition) is 1. The van der Waals surface area contributed by atoms with Crippen molar-refractivity contribution in [3.8, 4) is 0 Å². The highest BCUT2D eigenvalue weighted by atomic mass is 35.5. The second kappa shape index (κ2) is 5.94. The molecule has 16 heavy (non-hydrogen) atoms. The minimum atomic E-state index is -1.44. The van der Waals surface area contributed by atoms with E-state index in [0.717, 1.165) is 15.7 Å². The van der Waals surface area contributed by atoms with Gasteiger partial charge >= 0.3 is 0 Å². The van der Waals surface area contributed by atoms with Crippen LogP contribution in [0.5, 0.6) is 0 Å². The Bertz CT molecular complexity index is 322. The molecule has 4 heteroatoms. The molecule has 0 unspecified atom stereocenters. The fourth-order valence-corrected chi connectivity index (χ4v) is 5.38. The molecule has 0 heterocycles. The molecule has 0 amide bonds. The van der Waals surface area contributed by atoms with Crippen molar-refractivity contribution < 1.29 is 0 Å². The molecule has 1 nitrogen and oxygen atoms in total. The van der Waals surface area contributed by atoms with Crippen molar-refractivity contribution in [1.82, 2.24) is 0 Å². The molecule has 0 saturated heterocycles. The molecule has 0 radical (unpaired) electrons. The van der Waals surface area contributed by atoms with Crippen LogP contribution in [-0.4, -0.2) is 8.24 Å². The van der Waals surface area contributed by atoms with E-state index < -0.39 is 8.24 Å². The molecular weight excluding hydrogens is 257 g/mol. The summed E-state index contributed by atoms with van der Waals surface area (Å²) in [7, 11) is -1.44. The van der Waals surface area contributed by atoms with E-state index in [2.05, 4.69) is 25.8 Å². The Balaban J connectivity index is 3.02. The first kappa shape index (κ1) is 13.9. The Morgan fingerprint density at radius 2 is 1.44 bits per heavy atom. The molecule has 0 fully saturated rings. The van der Waals surface area contributed by atoms with E-state index in [4.69, 9.17) is 23.2 Å². The predicted octanol–water partition coefficient (Wildman–Crippen LogP) is 5.41. The van der Waals surface area contributed by atoms with Gasteiger partial charge in [0, 0.05) is 0 Å². The number of rotatable bonds is 5. The Morgan fingerprint density at radius 3 is 1.81 bits per heavy atom. The fraction of sp³-hybridized carbons (Fsp3) is 0.500. The average molecular weight is 276 g/mol. The molecule has 90 valence electrons. The number of benzene rings is 1. The molecule has 0 bridgehead atoms. The number of anilines is 1. The summed E-state index contributed by atoms with van der Waals surface area (Å²) in [5.41, 5.74) is 0.919. The van der Waals surface area contributed by atoms with Crippen molar-refractivity contribution in [1.29, 1.82) is 0 Å². The topological polar surface area (TPSA) is 12.0 Å². The van der Waals surface area contributed by atoms with Crippen molar-refractivity contribution in [2.45, 2.75) is 38.9 Å². The third-order valence-corrected chi connectivity index (χ3v) is 8.85. The van der Waals surface area contributed by atoms with E-state index in [1.54, 1.807) is 0 Å². The number of hydrogen-bond acceptors (Lipinski definition) is 1. The molecule has 0 saturated carbocycles. The van der Waals surface area contributed by atoms with E-state index in [-0.39, 0.29) is 0 Å². The van der Waals surface area contributed by atoms with Gasteiger partial charge in [0.25, 0.3) is 0 Å². The molecular formula is C12H19Cl2NSi. The van der Waals surface area contributed by atoms with Crippen LogP contribution in [0.3, 0.4) is 0 Å². The zero-order valence-electron chi connectivity index (χ0n) is 10.1. The maximum Gasteiger partial charge on any atom is 0.152 e. The van der Waals surface area contributed by atoms with Gasteiger partial charge in [0.05, 0.1) is 15.7 Å². The lowest BCUT2D eigenvalue weighted by molar-refractivity contribution is 1.17. The highest BCUT2D eigenvalue weighted by Crippen LogP contribution is 2.34. The summed E-state index contributed by atoms with van der Waals surface area (Å²) >= 11 is 12.4. The summed E-state index contributed by atoms with van der Waals surface area (Å²) in [6.45, 7) is 6.74. The van der Waals surface area contributed by atoms with E-state index in [9.17, 15) is 0 Å². The van der Waals surface area contributed by atoms with E-state index in [1.165, 1.54) is 18.1 Å². The number of halogens is 2. The molecule has 0 aromatic heterocycles. The van der Waals surface area contributed by atoms with Crippen molar-refractivity contribution in [2.24, 2.45) is 0 Å². The maximum absolute atomic E-state index is 6.18. The summed E-state index contributed by atoms with van der Waals surface area (Å²) in [5.74, 6) is 0. The number of para-hydroxylation sites is 1. The standard InChI is InChI=1S/C12H19Cl2NSi/c1-4-16(5-2,6-3)15-12-10(13)8-7-9-11(12)14/h7-9,15H,4-6H2,1-3H3. The zero-order chi connectivity index (χ0) is 12.2. The number of nitrogens with one attached hydrogen (secondary N) is 1. The summed E-state index contributed by atoms with van der Waals surface area (Å²) in [6, 6.07) is 9.24. The molecule has 1 aromatic rings. The monoisotopic (exact) mass is 275 g/mol. The molecule has 0 aliphatic carbocycles. The minimum absolute atomic E-state index is 0.722. The van der Waals surface area contributed by atoms with Crippen LogP contribution >= 0.6 is 23.2 Å². The van der Waals surface area contributed by atoms with Crippen molar-refractivity contribution in [3.05, 3.63) is 28.2 Å². The maximum atomic E-state index is 6.18. The van der Waals surface area contributed by atoms with Gasteiger partial charge < -0.3 is 4.98 Å². The van der Waals surface area contributed by atoms with Crippen LogP contribution in [0.15, 0.2) is 18.2 Å². The summed E-state index contributed by atoms with van der Waals surface area (Å²) < 4.78 is 0. The lowest BCUT2D eigenvalue weighted by Gasteiger charge is -2.31. The van der Waals surface area contributed by atoms with Gasteiger partial charge in [0.1, 0.15) is 0 Å². The quantitative estimate of drug-likeness (QED) is 0.709. The van der Waals surface area contributed by atoms with Crippen LogP contribution in [0.2, 0.25) is 28.2 Å². The van der Waals surface area contributed by atoms with Gasteiger partial charge in [0.15, 0.2) is 8.24 Å². The first-order valence-corrected chi connectivity index (χ1v) is 9.18. The molecule has 1 rings (SSSR count). The van der Waals surface area contributed by atoms with Crippen LogP contribution in [0.1, 0.15) is 20.8 Å². The van der Waals surface area contributed by atoms with Crippen molar-refractivity contribution in [3.63, 3.8) is 0 Å². The van der Waals surface area contributed by atoms with Crippen LogP contribution in [-0.2, 0) is 0 Å². The molecule has 0 atom stereocenters. The smallest absolute Gasteiger partial charge is 0.152 e. The van der Waals surface area contributed by atoms with Gasteiger partial charge in [-0.1, -0.05) is 50.0 Å². The van der Waals surface area contributed by atoms with E-state index in [0.29, 0.717) is 0 Å². The molecule has 0 aliphatic rings. The Hall–Kier alpha value is -0.183. The highest BCUT2D eigenvalue weighted by molar-refractivity contribution is 6.83. The van der Waals surface area contributed by atoms with Crippen molar-refractivity contribution in [2.75, 3.05) is 4.98 Å². The fourth-order valence-electron chi connectivity index (χ4n) is 1.90. The van der Waals surface area contributed by atoms with Gasteiger partial charge in [0.2, 0.25) is 0 Å². The minimum Gasteiger partial charge on any atom is -0.408 e. The average Bonchev–Trinajstić information content (AvgIpc) is 2.30. The lowest BCUT2D eigenvalue weighted by atomic mass is 10.3. The van der Waals surface area contributed by atoms with Gasteiger partial charge in [-0.25, -0.2) is 0 Å². The molecule has 1 aromatic carbocycles. The summed E-state index contributed by atoms with van der Waals surface area (Å²) in [6.07, 6.45) is 0. The van der Waals surface area contributed by atoms with Crippen LogP contribution in [0.4, 0.5) is 5.69 Å². The van der Waals surface area contributed by atoms with Gasteiger partial charge in [-0.2, -0.15) is 0 Å². The summed E-state index contributed by atoms with van der Waals surface area (Å²) in [5, 5.41) is 1.44. The van der Waals surface area contributed by atoms with Crippen LogP contribution < -0.4 is 4.98 Å². The van der Waals surface area contributed by atoms with E-state index in [1.807, 2.05) is 18.2 Å². The van der Waals surface area contributed by atoms with Crippen LogP contribution in [0.25, 0.3) is 0 Å². The first-order valence-electron chi connectivity index (χ1n) is 5.80. The Labute approximate surface area is 109 Å². The van der Waals surface area contributed by atoms with Gasteiger partial charge in [-0.3, -0.25) is 0 Å². The molecule has 0 spiro atoms. The molecule has 0 aliphatic heterocycles. The Kier molecular flexibility index (Phi) is 5.16. The third-order valence-electron chi connectivity index (χ3n) is 3.38. The van der Waals surface area contributed by atoms with Crippen LogP contribution in [0, 0.1) is 0 Å². The lowest BCUT2D eigenvalue weighted by Crippen LogP contribution is -2.41. The van der Waals surface area contributed by atoms with Crippen molar-refractivity contribution >= 4 is 37.1 Å². The van der Waals surface area contributed by atoms with Gasteiger partial charge in [-0.05, 0) is 30.3 Å². The van der Waals surface area contributed by atoms with Gasteiger partial charge in [-0.15, -0.1) is 0 Å². The Morgan fingerprint density at radius 1 is 1.00 bits per heavy atom. The predicted molar refractivity (Wildman–Crippen MR) is 77.3 cm³/mol. The first-order chi connectivity index (χ1) is 7.58. The third kappa shape index (κ3) is 2.93. The molecule has 1 N–H and O–H groups in total. The highest BCUT2D eigenvalue weighted by Gasteiger charge is 2.28. The second-order valence-corrected chi connectivity index (χ2v) is 9.81. The zero-order valence-corrected chi connectivity index (χ0v) is 12.6. The largest absolute Gasteiger partial charge is 0.408 e. The summed E-state index contributed by atoms with van der Waals surface area (Å²) in [4.78, 5) is 3.65. The van der Waals surface area contributed by atoms with E-state index >= 15 is 0 Å². The second-order valence-electron chi connectivity index (χ2n) is 4.06. The SMILES string of the molecule is CC[Si](CC)(CC)Nc1c(Cl)cccc1Cl. The normalized spacial score (nSPS) is 11.6.